The molecule has 2 aromatic rings. The predicted molar refractivity (Wildman–Crippen MR) is 120 cm³/mol. The van der Waals surface area contributed by atoms with Gasteiger partial charge in [0.15, 0.2) is 0 Å². The molecule has 0 amide bonds. The fourth-order valence-corrected chi connectivity index (χ4v) is 5.57. The van der Waals surface area contributed by atoms with Crippen LogP contribution in [-0.4, -0.2) is 60.2 Å². The predicted octanol–water partition coefficient (Wildman–Crippen LogP) is 3.64. The summed E-state index contributed by atoms with van der Waals surface area (Å²) in [5.74, 6) is 0.583. The van der Waals surface area contributed by atoms with E-state index in [1.807, 2.05) is 7.05 Å². The molecule has 32 heavy (non-hydrogen) atoms. The van der Waals surface area contributed by atoms with Gasteiger partial charge in [0.1, 0.15) is 5.75 Å². The second kappa shape index (κ2) is 8.99. The number of likely N-dealkylation sites (N-methyl/N-ethyl adjacent to an activating group) is 1. The maximum atomic E-state index is 13.4. The SMILES string of the molecule is COc1ccc(S(=O)(=O)N2CCc3cc(C(F)(F)F)ccc32)cc1N1CCN(C)CC1.Cl. The number of nitrogens with zero attached hydrogens (tertiary/aromatic N) is 3. The van der Waals surface area contributed by atoms with Gasteiger partial charge < -0.3 is 14.5 Å². The zero-order valence-corrected chi connectivity index (χ0v) is 19.4. The molecule has 2 aliphatic heterocycles. The van der Waals surface area contributed by atoms with E-state index in [-0.39, 0.29) is 30.3 Å². The molecule has 0 aliphatic carbocycles. The van der Waals surface area contributed by atoms with Crippen molar-refractivity contribution in [3.63, 3.8) is 0 Å². The van der Waals surface area contributed by atoms with Crippen molar-refractivity contribution in [2.45, 2.75) is 17.5 Å². The van der Waals surface area contributed by atoms with E-state index in [9.17, 15) is 21.6 Å². The van der Waals surface area contributed by atoms with Crippen LogP contribution in [0.15, 0.2) is 41.3 Å². The molecule has 176 valence electrons. The van der Waals surface area contributed by atoms with Crippen molar-refractivity contribution in [3.05, 3.63) is 47.5 Å². The molecule has 0 atom stereocenters. The van der Waals surface area contributed by atoms with Gasteiger partial charge in [-0.25, -0.2) is 8.42 Å². The highest BCUT2D eigenvalue weighted by Crippen LogP contribution is 2.39. The van der Waals surface area contributed by atoms with Crippen LogP contribution in [0.5, 0.6) is 5.75 Å². The van der Waals surface area contributed by atoms with Crippen LogP contribution >= 0.6 is 12.4 Å². The van der Waals surface area contributed by atoms with Gasteiger partial charge in [-0.15, -0.1) is 12.4 Å². The summed E-state index contributed by atoms with van der Waals surface area (Å²) in [7, 11) is -0.366. The molecule has 2 aromatic carbocycles. The van der Waals surface area contributed by atoms with Crippen molar-refractivity contribution < 1.29 is 26.3 Å². The monoisotopic (exact) mass is 491 g/mol. The second-order valence-corrected chi connectivity index (χ2v) is 9.65. The summed E-state index contributed by atoms with van der Waals surface area (Å²) in [4.78, 5) is 4.38. The Morgan fingerprint density at radius 3 is 2.25 bits per heavy atom. The normalized spacial score (nSPS) is 17.2. The van der Waals surface area contributed by atoms with Crippen LogP contribution in [0.3, 0.4) is 0 Å². The summed E-state index contributed by atoms with van der Waals surface area (Å²) >= 11 is 0. The van der Waals surface area contributed by atoms with Gasteiger partial charge >= 0.3 is 6.18 Å². The highest BCUT2D eigenvalue weighted by atomic mass is 35.5. The largest absolute Gasteiger partial charge is 0.495 e. The molecule has 0 aromatic heterocycles. The molecule has 2 heterocycles. The van der Waals surface area contributed by atoms with E-state index in [0.29, 0.717) is 22.7 Å². The third kappa shape index (κ3) is 4.49. The topological polar surface area (TPSA) is 53.1 Å². The highest BCUT2D eigenvalue weighted by Gasteiger charge is 2.36. The van der Waals surface area contributed by atoms with Crippen molar-refractivity contribution in [2.24, 2.45) is 0 Å². The van der Waals surface area contributed by atoms with Gasteiger partial charge in [-0.05, 0) is 55.4 Å². The van der Waals surface area contributed by atoms with Crippen molar-refractivity contribution in [1.29, 1.82) is 0 Å². The van der Waals surface area contributed by atoms with Crippen LogP contribution in [0.1, 0.15) is 11.1 Å². The van der Waals surface area contributed by atoms with Crippen LogP contribution in [0.4, 0.5) is 24.5 Å². The maximum Gasteiger partial charge on any atom is 0.416 e. The molecule has 1 fully saturated rings. The minimum Gasteiger partial charge on any atom is -0.495 e. The number of hydrogen-bond donors (Lipinski definition) is 0. The number of hydrogen-bond acceptors (Lipinski definition) is 5. The molecular weight excluding hydrogens is 467 g/mol. The van der Waals surface area contributed by atoms with Gasteiger partial charge in [-0.1, -0.05) is 0 Å². The first-order chi connectivity index (χ1) is 14.6. The number of anilines is 2. The summed E-state index contributed by atoms with van der Waals surface area (Å²) in [6, 6.07) is 7.92. The number of piperazine rings is 1. The third-order valence-corrected chi connectivity index (χ3v) is 7.65. The van der Waals surface area contributed by atoms with Crippen LogP contribution in [-0.2, 0) is 22.6 Å². The molecule has 11 heteroatoms. The minimum atomic E-state index is -4.46. The Kier molecular flexibility index (Phi) is 6.88. The van der Waals surface area contributed by atoms with E-state index in [2.05, 4.69) is 9.80 Å². The standard InChI is InChI=1S/C21H24F3N3O3S.ClH/c1-25-9-11-26(12-10-25)19-14-17(4-6-20(19)30-2)31(28,29)27-8-7-15-13-16(21(22,23)24)3-5-18(15)27;/h3-6,13-14H,7-12H2,1-2H3;1H. The van der Waals surface area contributed by atoms with Gasteiger partial charge in [0.25, 0.3) is 10.0 Å². The summed E-state index contributed by atoms with van der Waals surface area (Å²) < 4.78 is 72.5. The average molecular weight is 492 g/mol. The lowest BCUT2D eigenvalue weighted by molar-refractivity contribution is -0.137. The van der Waals surface area contributed by atoms with Crippen LogP contribution in [0, 0.1) is 0 Å². The van der Waals surface area contributed by atoms with Crippen molar-refractivity contribution in [1.82, 2.24) is 4.90 Å². The van der Waals surface area contributed by atoms with Crippen molar-refractivity contribution in [3.8, 4) is 5.75 Å². The quantitative estimate of drug-likeness (QED) is 0.653. The lowest BCUT2D eigenvalue weighted by atomic mass is 10.1. The van der Waals surface area contributed by atoms with E-state index in [1.165, 1.54) is 23.5 Å². The third-order valence-electron chi connectivity index (χ3n) is 5.84. The summed E-state index contributed by atoms with van der Waals surface area (Å²) in [5.41, 5.74) is 0.604. The fourth-order valence-electron chi connectivity index (χ4n) is 4.05. The van der Waals surface area contributed by atoms with E-state index in [0.717, 1.165) is 38.3 Å². The Morgan fingerprint density at radius 2 is 1.62 bits per heavy atom. The Labute approximate surface area is 192 Å². The molecule has 1 saturated heterocycles. The van der Waals surface area contributed by atoms with E-state index < -0.39 is 21.8 Å². The number of benzene rings is 2. The van der Waals surface area contributed by atoms with Crippen molar-refractivity contribution in [2.75, 3.05) is 56.1 Å². The molecule has 0 saturated carbocycles. The summed E-state index contributed by atoms with van der Waals surface area (Å²) in [6.07, 6.45) is -4.23. The van der Waals surface area contributed by atoms with Crippen LogP contribution < -0.4 is 13.9 Å². The summed E-state index contributed by atoms with van der Waals surface area (Å²) in [5, 5.41) is 0. The molecular formula is C21H25ClF3N3O3S. The molecule has 0 bridgehead atoms. The summed E-state index contributed by atoms with van der Waals surface area (Å²) in [6.45, 7) is 3.28. The highest BCUT2D eigenvalue weighted by molar-refractivity contribution is 7.92. The second-order valence-electron chi connectivity index (χ2n) is 7.79. The van der Waals surface area contributed by atoms with Crippen molar-refractivity contribution >= 4 is 33.8 Å². The van der Waals surface area contributed by atoms with Gasteiger partial charge in [0.2, 0.25) is 0 Å². The lowest BCUT2D eigenvalue weighted by Crippen LogP contribution is -2.44. The number of sulfonamides is 1. The molecule has 6 nitrogen and oxygen atoms in total. The van der Waals surface area contributed by atoms with Gasteiger partial charge in [0, 0.05) is 32.7 Å². The zero-order valence-electron chi connectivity index (χ0n) is 17.7. The molecule has 4 rings (SSSR count). The Bertz CT molecular complexity index is 1090. The molecule has 0 spiro atoms. The van der Waals surface area contributed by atoms with E-state index in [4.69, 9.17) is 4.74 Å². The first kappa shape index (κ1) is 24.5. The smallest absolute Gasteiger partial charge is 0.416 e. The first-order valence-corrected chi connectivity index (χ1v) is 11.4. The fraction of sp³-hybridized carbons (Fsp3) is 0.429. The molecule has 2 aliphatic rings. The number of alkyl halides is 3. The molecule has 0 radical (unpaired) electrons. The number of methoxy groups -OCH3 is 1. The Morgan fingerprint density at radius 1 is 0.938 bits per heavy atom. The van der Waals surface area contributed by atoms with Gasteiger partial charge in [-0.2, -0.15) is 13.2 Å². The zero-order chi connectivity index (χ0) is 22.4. The van der Waals surface area contributed by atoms with E-state index >= 15 is 0 Å². The van der Waals surface area contributed by atoms with Gasteiger partial charge in [-0.3, -0.25) is 4.31 Å². The molecule has 0 N–H and O–H groups in total. The molecule has 0 unspecified atom stereocenters. The Balaban J connectivity index is 0.00000289. The minimum absolute atomic E-state index is 0. The average Bonchev–Trinajstić information content (AvgIpc) is 3.17. The van der Waals surface area contributed by atoms with E-state index in [1.54, 1.807) is 12.1 Å². The number of rotatable bonds is 4. The number of ether oxygens (including phenoxy) is 1. The maximum absolute atomic E-state index is 13.4. The number of halogens is 4. The van der Waals surface area contributed by atoms with Gasteiger partial charge in [0.05, 0.1) is 28.9 Å². The lowest BCUT2D eigenvalue weighted by Gasteiger charge is -2.35. The van der Waals surface area contributed by atoms with Crippen LogP contribution in [0.2, 0.25) is 0 Å². The van der Waals surface area contributed by atoms with Crippen LogP contribution in [0.25, 0.3) is 0 Å². The first-order valence-electron chi connectivity index (χ1n) is 9.95. The Hall–Kier alpha value is -2.17. The number of fused-ring (bicyclic) bond motifs is 1.